The van der Waals surface area contributed by atoms with Gasteiger partial charge in [0.15, 0.2) is 5.58 Å². The fraction of sp³-hybridized carbons (Fsp3) is 0.458. The molecule has 0 bridgehead atoms. The summed E-state index contributed by atoms with van der Waals surface area (Å²) in [7, 11) is 0. The van der Waals surface area contributed by atoms with Gasteiger partial charge in [0.05, 0.1) is 6.10 Å². The van der Waals surface area contributed by atoms with Crippen LogP contribution < -0.4 is 9.80 Å². The third-order valence-corrected chi connectivity index (χ3v) is 7.32. The van der Waals surface area contributed by atoms with E-state index in [0.29, 0.717) is 54.0 Å². The highest BCUT2D eigenvalue weighted by Crippen LogP contribution is 2.49. The standard InChI is InChI=1S/C24H26ClN5O3/c1-15-2-3-20-21(26-15)27-23(33-20)29-6-4-28(5-7-29)22(32)16-8-17(25)10-18(9-16)30-13-24(14-30)11-19(31)12-24/h2-3,8-10,19,31H,4-7,11-14H2,1H3. The molecule has 0 radical (unpaired) electrons. The van der Waals surface area contributed by atoms with E-state index in [1.807, 2.05) is 36.1 Å². The fourth-order valence-corrected chi connectivity index (χ4v) is 5.57. The Labute approximate surface area is 196 Å². The molecule has 2 aromatic heterocycles. The molecule has 3 aliphatic rings. The number of oxazole rings is 1. The maximum absolute atomic E-state index is 13.2. The smallest absolute Gasteiger partial charge is 0.300 e. The number of hydrogen-bond acceptors (Lipinski definition) is 7. The van der Waals surface area contributed by atoms with Crippen LogP contribution in [0.2, 0.25) is 5.02 Å². The first-order valence-corrected chi connectivity index (χ1v) is 11.8. The van der Waals surface area contributed by atoms with Crippen molar-refractivity contribution in [2.75, 3.05) is 49.1 Å². The summed E-state index contributed by atoms with van der Waals surface area (Å²) < 4.78 is 5.87. The number of hydrogen-bond donors (Lipinski definition) is 1. The molecule has 8 nitrogen and oxygen atoms in total. The molecule has 0 atom stereocenters. The molecule has 4 heterocycles. The van der Waals surface area contributed by atoms with E-state index in [1.54, 1.807) is 6.07 Å². The number of anilines is 2. The summed E-state index contributed by atoms with van der Waals surface area (Å²) in [6.07, 6.45) is 1.59. The predicted molar refractivity (Wildman–Crippen MR) is 126 cm³/mol. The van der Waals surface area contributed by atoms with Gasteiger partial charge in [0.1, 0.15) is 0 Å². The molecular formula is C24H26ClN5O3. The average Bonchev–Trinajstić information content (AvgIpc) is 3.17. The summed E-state index contributed by atoms with van der Waals surface area (Å²) in [5.74, 6) is -0.0115. The minimum atomic E-state index is -0.155. The molecule has 2 aliphatic heterocycles. The van der Waals surface area contributed by atoms with Gasteiger partial charge in [-0.1, -0.05) is 11.6 Å². The van der Waals surface area contributed by atoms with Crippen LogP contribution in [0.4, 0.5) is 11.7 Å². The van der Waals surface area contributed by atoms with E-state index < -0.39 is 0 Å². The van der Waals surface area contributed by atoms with Crippen LogP contribution in [0.15, 0.2) is 34.7 Å². The number of rotatable bonds is 3. The molecule has 2 saturated heterocycles. The van der Waals surface area contributed by atoms with Crippen LogP contribution in [0.5, 0.6) is 0 Å². The van der Waals surface area contributed by atoms with Gasteiger partial charge in [-0.25, -0.2) is 4.98 Å². The Morgan fingerprint density at radius 1 is 1.09 bits per heavy atom. The second-order valence-corrected chi connectivity index (χ2v) is 10.1. The van der Waals surface area contributed by atoms with Crippen LogP contribution in [0.25, 0.3) is 11.2 Å². The van der Waals surface area contributed by atoms with Crippen LogP contribution in [0.3, 0.4) is 0 Å². The lowest BCUT2D eigenvalue weighted by Gasteiger charge is -2.58. The molecule has 6 rings (SSSR count). The third-order valence-electron chi connectivity index (χ3n) is 7.10. The Kier molecular flexibility index (Phi) is 4.78. The maximum atomic E-state index is 13.2. The van der Waals surface area contributed by atoms with Crippen LogP contribution in [0.1, 0.15) is 28.9 Å². The molecule has 3 aromatic rings. The Balaban J connectivity index is 1.12. The first-order valence-electron chi connectivity index (χ1n) is 11.4. The molecule has 1 aliphatic carbocycles. The topological polar surface area (TPSA) is 85.9 Å². The quantitative estimate of drug-likeness (QED) is 0.633. The number of aliphatic hydroxyl groups excluding tert-OH is 1. The number of nitrogens with zero attached hydrogens (tertiary/aromatic N) is 5. The molecular weight excluding hydrogens is 442 g/mol. The van der Waals surface area contributed by atoms with Crippen molar-refractivity contribution in [2.45, 2.75) is 25.9 Å². The number of aliphatic hydroxyl groups is 1. The Bertz CT molecular complexity index is 1220. The summed E-state index contributed by atoms with van der Waals surface area (Å²) in [5, 5.41) is 10.2. The number of amides is 1. The van der Waals surface area contributed by atoms with E-state index >= 15 is 0 Å². The molecule has 1 aromatic carbocycles. The highest BCUT2D eigenvalue weighted by molar-refractivity contribution is 6.31. The van der Waals surface area contributed by atoms with Gasteiger partial charge in [0, 0.05) is 66.7 Å². The second-order valence-electron chi connectivity index (χ2n) is 9.67. The number of benzene rings is 1. The average molecular weight is 468 g/mol. The van der Waals surface area contributed by atoms with Crippen molar-refractivity contribution >= 4 is 40.4 Å². The largest absolute Gasteiger partial charge is 0.422 e. The maximum Gasteiger partial charge on any atom is 0.300 e. The van der Waals surface area contributed by atoms with Crippen molar-refractivity contribution in [1.82, 2.24) is 14.9 Å². The monoisotopic (exact) mass is 467 g/mol. The highest BCUT2D eigenvalue weighted by atomic mass is 35.5. The minimum Gasteiger partial charge on any atom is -0.422 e. The van der Waals surface area contributed by atoms with E-state index in [2.05, 4.69) is 19.8 Å². The zero-order valence-electron chi connectivity index (χ0n) is 18.5. The van der Waals surface area contributed by atoms with Gasteiger partial charge >= 0.3 is 0 Å². The van der Waals surface area contributed by atoms with Gasteiger partial charge in [-0.2, -0.15) is 4.98 Å². The van der Waals surface area contributed by atoms with E-state index in [9.17, 15) is 9.90 Å². The number of piperazine rings is 1. The lowest BCUT2D eigenvalue weighted by atomic mass is 9.62. The summed E-state index contributed by atoms with van der Waals surface area (Å²) in [6.45, 7) is 6.19. The fourth-order valence-electron chi connectivity index (χ4n) is 5.34. The lowest BCUT2D eigenvalue weighted by molar-refractivity contribution is -0.0491. The molecule has 1 amide bonds. The van der Waals surface area contributed by atoms with Gasteiger partial charge in [-0.15, -0.1) is 0 Å². The normalized spacial score (nSPS) is 20.3. The van der Waals surface area contributed by atoms with Crippen molar-refractivity contribution < 1.29 is 14.3 Å². The second kappa shape index (κ2) is 7.60. The van der Waals surface area contributed by atoms with Crippen molar-refractivity contribution in [1.29, 1.82) is 0 Å². The molecule has 3 fully saturated rings. The first-order chi connectivity index (χ1) is 15.9. The zero-order valence-corrected chi connectivity index (χ0v) is 19.3. The van der Waals surface area contributed by atoms with Crippen LogP contribution >= 0.6 is 11.6 Å². The van der Waals surface area contributed by atoms with Crippen LogP contribution in [-0.4, -0.2) is 71.3 Å². The molecule has 33 heavy (non-hydrogen) atoms. The Morgan fingerprint density at radius 2 is 1.85 bits per heavy atom. The van der Waals surface area contributed by atoms with Crippen molar-refractivity contribution in [2.24, 2.45) is 5.41 Å². The highest BCUT2D eigenvalue weighted by Gasteiger charge is 2.52. The first kappa shape index (κ1) is 20.7. The molecule has 1 N–H and O–H groups in total. The summed E-state index contributed by atoms with van der Waals surface area (Å²) in [6, 6.07) is 9.95. The van der Waals surface area contributed by atoms with Gasteiger partial charge < -0.3 is 24.2 Å². The number of pyridine rings is 1. The van der Waals surface area contributed by atoms with Crippen molar-refractivity contribution in [3.8, 4) is 0 Å². The number of aryl methyl sites for hydroxylation is 1. The zero-order chi connectivity index (χ0) is 22.7. The molecule has 0 unspecified atom stereocenters. The summed E-state index contributed by atoms with van der Waals surface area (Å²) >= 11 is 6.38. The number of halogens is 1. The summed E-state index contributed by atoms with van der Waals surface area (Å²) in [4.78, 5) is 28.3. The van der Waals surface area contributed by atoms with Gasteiger partial charge in [0.25, 0.3) is 11.9 Å². The van der Waals surface area contributed by atoms with Gasteiger partial charge in [0.2, 0.25) is 5.65 Å². The SMILES string of the molecule is Cc1ccc2oc(N3CCN(C(=O)c4cc(Cl)cc(N5CC6(CC(O)C6)C5)c4)CC3)nc2n1. The van der Waals surface area contributed by atoms with E-state index in [1.165, 1.54) is 0 Å². The van der Waals surface area contributed by atoms with Gasteiger partial charge in [-0.05, 0) is 50.1 Å². The van der Waals surface area contributed by atoms with Crippen molar-refractivity contribution in [3.63, 3.8) is 0 Å². The molecule has 1 spiro atoms. The summed E-state index contributed by atoms with van der Waals surface area (Å²) in [5.41, 5.74) is 4.02. The van der Waals surface area contributed by atoms with Crippen molar-refractivity contribution in [3.05, 3.63) is 46.6 Å². The molecule has 172 valence electrons. The third kappa shape index (κ3) is 3.71. The van der Waals surface area contributed by atoms with E-state index in [-0.39, 0.29) is 17.4 Å². The Morgan fingerprint density at radius 3 is 2.58 bits per heavy atom. The molecule has 9 heteroatoms. The van der Waals surface area contributed by atoms with E-state index in [4.69, 9.17) is 16.0 Å². The van der Waals surface area contributed by atoms with E-state index in [0.717, 1.165) is 37.3 Å². The number of aromatic nitrogens is 2. The van der Waals surface area contributed by atoms with Crippen LogP contribution in [-0.2, 0) is 0 Å². The van der Waals surface area contributed by atoms with Gasteiger partial charge in [-0.3, -0.25) is 4.79 Å². The lowest BCUT2D eigenvalue weighted by Crippen LogP contribution is -2.63. The predicted octanol–water partition coefficient (Wildman–Crippen LogP) is 3.11. The van der Waals surface area contributed by atoms with Crippen LogP contribution in [0, 0.1) is 12.3 Å². The molecule has 1 saturated carbocycles. The minimum absolute atomic E-state index is 0.0115. The number of carbonyl (C=O) groups is 1. The Hall–Kier alpha value is -2.84. The number of carbonyl (C=O) groups excluding carboxylic acids is 1. The number of fused-ring (bicyclic) bond motifs is 1.